The molecule has 0 aliphatic carbocycles. The summed E-state index contributed by atoms with van der Waals surface area (Å²) in [6.07, 6.45) is 0. The van der Waals surface area contributed by atoms with Gasteiger partial charge >= 0.3 is 5.97 Å². The first-order valence-corrected chi connectivity index (χ1v) is 7.26. The van der Waals surface area contributed by atoms with Crippen molar-refractivity contribution in [3.63, 3.8) is 0 Å². The molecule has 1 heterocycles. The lowest BCUT2D eigenvalue weighted by molar-refractivity contribution is 0.0336. The lowest BCUT2D eigenvalue weighted by Gasteiger charge is -2.08. The van der Waals surface area contributed by atoms with Crippen molar-refractivity contribution in [1.82, 2.24) is 15.0 Å². The Kier molecular flexibility index (Phi) is 4.27. The van der Waals surface area contributed by atoms with Gasteiger partial charge in [0.15, 0.2) is 6.73 Å². The Balaban J connectivity index is 1.83. The Hall–Kier alpha value is -2.44. The molecule has 3 aromatic rings. The van der Waals surface area contributed by atoms with Crippen LogP contribution in [0.1, 0.15) is 10.4 Å². The quantitative estimate of drug-likeness (QED) is 0.679. The van der Waals surface area contributed by atoms with E-state index >= 15 is 0 Å². The molecular weight excluding hydrogens is 341 g/mol. The number of hydrogen-bond acceptors (Lipinski definition) is 5. The van der Waals surface area contributed by atoms with E-state index in [-0.39, 0.29) is 17.3 Å². The maximum atomic E-state index is 12.2. The summed E-state index contributed by atoms with van der Waals surface area (Å²) < 4.78 is 6.02. The molecule has 2 aromatic carbocycles. The van der Waals surface area contributed by atoms with Crippen LogP contribution in [0.25, 0.3) is 10.9 Å². The van der Waals surface area contributed by atoms with Crippen molar-refractivity contribution in [1.29, 1.82) is 0 Å². The van der Waals surface area contributed by atoms with E-state index in [2.05, 4.69) is 10.3 Å². The first-order valence-electron chi connectivity index (χ1n) is 6.51. The smallest absolute Gasteiger partial charge is 0.341 e. The summed E-state index contributed by atoms with van der Waals surface area (Å²) in [4.78, 5) is 24.3. The van der Waals surface area contributed by atoms with E-state index in [1.54, 1.807) is 30.3 Å². The minimum absolute atomic E-state index is 0.112. The van der Waals surface area contributed by atoms with Gasteiger partial charge in [-0.3, -0.25) is 4.79 Å². The molecule has 3 rings (SSSR count). The summed E-state index contributed by atoms with van der Waals surface area (Å²) in [5.74, 6) is -0.709. The number of esters is 1. The molecule has 6 nitrogen and oxygen atoms in total. The number of hydrogen-bond donors (Lipinski definition) is 0. The Bertz CT molecular complexity index is 956. The minimum atomic E-state index is -0.709. The summed E-state index contributed by atoms with van der Waals surface area (Å²) in [5.41, 5.74) is 0.180. The monoisotopic (exact) mass is 349 g/mol. The van der Waals surface area contributed by atoms with Crippen LogP contribution in [0.4, 0.5) is 0 Å². The second-order valence-corrected chi connectivity index (χ2v) is 5.44. The van der Waals surface area contributed by atoms with Gasteiger partial charge in [0.1, 0.15) is 5.52 Å². The topological polar surface area (TPSA) is 74.1 Å². The highest BCUT2D eigenvalue weighted by Gasteiger charge is 2.14. The number of carbonyl (C=O) groups excluding carboxylic acids is 1. The van der Waals surface area contributed by atoms with Gasteiger partial charge in [0.25, 0.3) is 5.56 Å². The van der Waals surface area contributed by atoms with Gasteiger partial charge in [-0.15, -0.1) is 5.10 Å². The molecule has 0 amide bonds. The predicted octanol–water partition coefficient (Wildman–Crippen LogP) is 2.91. The molecule has 8 heteroatoms. The predicted molar refractivity (Wildman–Crippen MR) is 85.7 cm³/mol. The molecule has 0 aliphatic heterocycles. The highest BCUT2D eigenvalue weighted by Crippen LogP contribution is 2.21. The van der Waals surface area contributed by atoms with Gasteiger partial charge in [-0.1, -0.05) is 40.5 Å². The third-order valence-corrected chi connectivity index (χ3v) is 3.66. The number of benzene rings is 2. The first-order chi connectivity index (χ1) is 11.1. The molecule has 0 N–H and O–H groups in total. The molecule has 0 spiro atoms. The van der Waals surface area contributed by atoms with E-state index < -0.39 is 11.5 Å². The summed E-state index contributed by atoms with van der Waals surface area (Å²) in [5, 5.41) is 8.57. The van der Waals surface area contributed by atoms with Crippen molar-refractivity contribution in [3.8, 4) is 0 Å². The van der Waals surface area contributed by atoms with Crippen molar-refractivity contribution in [2.75, 3.05) is 0 Å². The molecule has 1 aromatic heterocycles. The Labute approximate surface area is 140 Å². The molecule has 0 saturated heterocycles. The maximum Gasteiger partial charge on any atom is 0.341 e. The molecule has 0 bridgehead atoms. The fourth-order valence-electron chi connectivity index (χ4n) is 1.96. The van der Waals surface area contributed by atoms with Crippen LogP contribution >= 0.6 is 23.2 Å². The average molecular weight is 350 g/mol. The van der Waals surface area contributed by atoms with E-state index in [1.165, 1.54) is 12.1 Å². The molecule has 0 saturated carbocycles. The van der Waals surface area contributed by atoms with Crippen LogP contribution in [-0.2, 0) is 11.5 Å². The van der Waals surface area contributed by atoms with Gasteiger partial charge in [-0.2, -0.15) is 4.68 Å². The standard InChI is InChI=1S/C15H9Cl2N3O3/c16-9-5-6-12(17)11(7-9)15(22)23-8-20-14(21)10-3-1-2-4-13(10)18-19-20/h1-7H,8H2. The van der Waals surface area contributed by atoms with E-state index in [9.17, 15) is 9.59 Å². The second kappa shape index (κ2) is 6.36. The van der Waals surface area contributed by atoms with Crippen LogP contribution in [0.5, 0.6) is 0 Å². The highest BCUT2D eigenvalue weighted by molar-refractivity contribution is 6.35. The number of rotatable bonds is 3. The van der Waals surface area contributed by atoms with E-state index in [0.29, 0.717) is 15.9 Å². The van der Waals surface area contributed by atoms with Crippen LogP contribution in [0.15, 0.2) is 47.3 Å². The number of halogens is 2. The molecule has 0 unspecified atom stereocenters. The zero-order valence-corrected chi connectivity index (χ0v) is 13.1. The molecule has 0 fully saturated rings. The van der Waals surface area contributed by atoms with Gasteiger partial charge in [-0.25, -0.2) is 4.79 Å². The first kappa shape index (κ1) is 15.5. The molecule has 23 heavy (non-hydrogen) atoms. The zero-order chi connectivity index (χ0) is 16.4. The molecular formula is C15H9Cl2N3O3. The third kappa shape index (κ3) is 3.18. The van der Waals surface area contributed by atoms with Crippen LogP contribution in [-0.4, -0.2) is 21.0 Å². The minimum Gasteiger partial charge on any atom is -0.438 e. The Morgan fingerprint density at radius 2 is 1.96 bits per heavy atom. The Morgan fingerprint density at radius 3 is 2.78 bits per heavy atom. The lowest BCUT2D eigenvalue weighted by Crippen LogP contribution is -2.26. The van der Waals surface area contributed by atoms with Crippen molar-refractivity contribution >= 4 is 40.1 Å². The third-order valence-electron chi connectivity index (χ3n) is 3.10. The van der Waals surface area contributed by atoms with Crippen molar-refractivity contribution in [2.45, 2.75) is 6.73 Å². The number of fused-ring (bicyclic) bond motifs is 1. The van der Waals surface area contributed by atoms with Gasteiger partial charge in [0.05, 0.1) is 16.0 Å². The number of aromatic nitrogens is 3. The van der Waals surface area contributed by atoms with E-state index in [4.69, 9.17) is 27.9 Å². The summed E-state index contributed by atoms with van der Waals surface area (Å²) in [7, 11) is 0. The largest absolute Gasteiger partial charge is 0.438 e. The summed E-state index contributed by atoms with van der Waals surface area (Å²) in [6, 6.07) is 11.2. The summed E-state index contributed by atoms with van der Waals surface area (Å²) in [6.45, 7) is -0.377. The Morgan fingerprint density at radius 1 is 1.17 bits per heavy atom. The lowest BCUT2D eigenvalue weighted by atomic mass is 10.2. The van der Waals surface area contributed by atoms with Gasteiger partial charge in [0, 0.05) is 5.02 Å². The van der Waals surface area contributed by atoms with Crippen molar-refractivity contribution in [2.24, 2.45) is 0 Å². The fourth-order valence-corrected chi connectivity index (χ4v) is 2.33. The van der Waals surface area contributed by atoms with Crippen LogP contribution in [0.2, 0.25) is 10.0 Å². The summed E-state index contributed by atoms with van der Waals surface area (Å²) >= 11 is 11.8. The highest BCUT2D eigenvalue weighted by atomic mass is 35.5. The molecule has 116 valence electrons. The SMILES string of the molecule is O=C(OCn1nnc2ccccc2c1=O)c1cc(Cl)ccc1Cl. The van der Waals surface area contributed by atoms with Crippen LogP contribution in [0, 0.1) is 0 Å². The molecule has 0 atom stereocenters. The number of carbonyl (C=O) groups is 1. The number of nitrogens with zero attached hydrogens (tertiary/aromatic N) is 3. The molecule has 0 aliphatic rings. The maximum absolute atomic E-state index is 12.2. The van der Waals surface area contributed by atoms with Gasteiger partial charge in [-0.05, 0) is 30.3 Å². The van der Waals surface area contributed by atoms with Gasteiger partial charge in [0.2, 0.25) is 0 Å². The van der Waals surface area contributed by atoms with E-state index in [0.717, 1.165) is 4.68 Å². The van der Waals surface area contributed by atoms with E-state index in [1.807, 2.05) is 0 Å². The zero-order valence-electron chi connectivity index (χ0n) is 11.6. The van der Waals surface area contributed by atoms with Crippen LogP contribution < -0.4 is 5.56 Å². The van der Waals surface area contributed by atoms with Crippen molar-refractivity contribution < 1.29 is 9.53 Å². The fraction of sp³-hybridized carbons (Fsp3) is 0.0667. The van der Waals surface area contributed by atoms with Crippen LogP contribution in [0.3, 0.4) is 0 Å². The second-order valence-electron chi connectivity index (χ2n) is 4.60. The van der Waals surface area contributed by atoms with Crippen molar-refractivity contribution in [3.05, 3.63) is 68.4 Å². The van der Waals surface area contributed by atoms with Gasteiger partial charge < -0.3 is 4.74 Å². The molecule has 0 radical (unpaired) electrons. The normalized spacial score (nSPS) is 10.7. The average Bonchev–Trinajstić information content (AvgIpc) is 2.56. The number of ether oxygens (including phenoxy) is 1.